The largest absolute Gasteiger partial charge is 0.508 e. The van der Waals surface area contributed by atoms with E-state index in [0.717, 1.165) is 32.4 Å². The molecule has 1 aliphatic heterocycles. The van der Waals surface area contributed by atoms with Crippen molar-refractivity contribution in [3.8, 4) is 5.75 Å². The summed E-state index contributed by atoms with van der Waals surface area (Å²) in [5, 5.41) is 13.5. The average Bonchev–Trinajstić information content (AvgIpc) is 2.76. The van der Waals surface area contributed by atoms with Gasteiger partial charge in [0, 0.05) is 0 Å². The first-order chi connectivity index (χ1) is 7.84. The molecule has 2 heteroatoms. The molecule has 0 spiro atoms. The zero-order valence-electron chi connectivity index (χ0n) is 9.63. The van der Waals surface area contributed by atoms with E-state index in [1.807, 2.05) is 6.07 Å². The Hall–Kier alpha value is -1.02. The molecule has 3 rings (SSSR count). The fraction of sp³-hybridized carbons (Fsp3) is 0.571. The summed E-state index contributed by atoms with van der Waals surface area (Å²) in [6.45, 7) is 2.17. The second-order valence-electron chi connectivity index (χ2n) is 5.06. The van der Waals surface area contributed by atoms with Crippen LogP contribution in [-0.2, 0) is 12.8 Å². The maximum atomic E-state index is 10.1. The first kappa shape index (κ1) is 10.2. The average molecular weight is 217 g/mol. The summed E-state index contributed by atoms with van der Waals surface area (Å²) < 4.78 is 0. The van der Waals surface area contributed by atoms with Crippen molar-refractivity contribution in [3.05, 3.63) is 28.8 Å². The predicted octanol–water partition coefficient (Wildman–Crippen LogP) is 2.35. The van der Waals surface area contributed by atoms with Crippen molar-refractivity contribution < 1.29 is 5.11 Å². The molecular formula is C14H19NO. The molecule has 0 radical (unpaired) electrons. The van der Waals surface area contributed by atoms with Crippen LogP contribution >= 0.6 is 0 Å². The van der Waals surface area contributed by atoms with E-state index < -0.39 is 0 Å². The number of fused-ring (bicyclic) bond motifs is 1. The van der Waals surface area contributed by atoms with Gasteiger partial charge in [0.1, 0.15) is 5.75 Å². The van der Waals surface area contributed by atoms with Crippen LogP contribution in [0.3, 0.4) is 0 Å². The summed E-state index contributed by atoms with van der Waals surface area (Å²) >= 11 is 0. The molecule has 86 valence electrons. The molecule has 0 saturated carbocycles. The van der Waals surface area contributed by atoms with E-state index in [1.54, 1.807) is 0 Å². The lowest BCUT2D eigenvalue weighted by atomic mass is 9.88. The maximum Gasteiger partial charge on any atom is 0.119 e. The Morgan fingerprint density at radius 3 is 2.50 bits per heavy atom. The Kier molecular flexibility index (Phi) is 2.60. The second-order valence-corrected chi connectivity index (χ2v) is 5.06. The van der Waals surface area contributed by atoms with Gasteiger partial charge in [-0.3, -0.25) is 0 Å². The van der Waals surface area contributed by atoms with Crippen LogP contribution in [0.25, 0.3) is 0 Å². The van der Waals surface area contributed by atoms with Gasteiger partial charge < -0.3 is 10.4 Å². The molecule has 16 heavy (non-hydrogen) atoms. The summed E-state index contributed by atoms with van der Waals surface area (Å²) in [5.41, 5.74) is 4.05. The molecule has 0 aromatic heterocycles. The van der Waals surface area contributed by atoms with Crippen molar-refractivity contribution in [1.29, 1.82) is 0 Å². The molecule has 1 heterocycles. The number of aryl methyl sites for hydroxylation is 2. The fourth-order valence-electron chi connectivity index (χ4n) is 3.09. The van der Waals surface area contributed by atoms with Crippen LogP contribution < -0.4 is 5.32 Å². The maximum absolute atomic E-state index is 10.1. The zero-order valence-corrected chi connectivity index (χ0v) is 9.63. The van der Waals surface area contributed by atoms with Gasteiger partial charge in [-0.1, -0.05) is 6.07 Å². The van der Waals surface area contributed by atoms with Crippen LogP contribution in [0.15, 0.2) is 12.1 Å². The fourth-order valence-corrected chi connectivity index (χ4v) is 3.09. The van der Waals surface area contributed by atoms with E-state index in [0.29, 0.717) is 11.7 Å². The number of phenols is 1. The molecule has 1 saturated heterocycles. The monoisotopic (exact) mass is 217 g/mol. The van der Waals surface area contributed by atoms with E-state index in [-0.39, 0.29) is 0 Å². The standard InChI is InChI=1S/C14H19NO/c16-14-9-12-3-1-2-11(12)8-13(14)10-4-6-15-7-5-10/h8-10,15-16H,1-7H2. The van der Waals surface area contributed by atoms with E-state index in [4.69, 9.17) is 0 Å². The number of aromatic hydroxyl groups is 1. The number of hydrogen-bond donors (Lipinski definition) is 2. The van der Waals surface area contributed by atoms with E-state index in [9.17, 15) is 5.11 Å². The number of nitrogens with one attached hydrogen (secondary N) is 1. The molecule has 2 aliphatic rings. The lowest BCUT2D eigenvalue weighted by Crippen LogP contribution is -2.26. The summed E-state index contributed by atoms with van der Waals surface area (Å²) in [4.78, 5) is 0. The normalized spacial score (nSPS) is 21.0. The highest BCUT2D eigenvalue weighted by atomic mass is 16.3. The zero-order chi connectivity index (χ0) is 11.0. The summed E-state index contributed by atoms with van der Waals surface area (Å²) in [6.07, 6.45) is 5.92. The SMILES string of the molecule is Oc1cc2c(cc1C1CCNCC1)CCC2. The van der Waals surface area contributed by atoms with E-state index in [2.05, 4.69) is 11.4 Å². The number of piperidine rings is 1. The van der Waals surface area contributed by atoms with Gasteiger partial charge in [0.15, 0.2) is 0 Å². The molecule has 0 amide bonds. The minimum atomic E-state index is 0.535. The molecule has 0 unspecified atom stereocenters. The minimum Gasteiger partial charge on any atom is -0.508 e. The van der Waals surface area contributed by atoms with Crippen LogP contribution in [0, 0.1) is 0 Å². The lowest BCUT2D eigenvalue weighted by Gasteiger charge is -2.24. The number of rotatable bonds is 1. The third-order valence-corrected chi connectivity index (χ3v) is 4.02. The molecule has 0 atom stereocenters. The van der Waals surface area contributed by atoms with Crippen LogP contribution in [0.1, 0.15) is 41.9 Å². The quantitative estimate of drug-likeness (QED) is 0.757. The van der Waals surface area contributed by atoms with Gasteiger partial charge in [0.2, 0.25) is 0 Å². The highest BCUT2D eigenvalue weighted by Crippen LogP contribution is 2.36. The number of phenolic OH excluding ortho intramolecular Hbond substituents is 1. The summed E-state index contributed by atoms with van der Waals surface area (Å²) in [5.74, 6) is 1.10. The highest BCUT2D eigenvalue weighted by Gasteiger charge is 2.21. The van der Waals surface area contributed by atoms with Crippen molar-refractivity contribution in [2.45, 2.75) is 38.0 Å². The first-order valence-corrected chi connectivity index (χ1v) is 6.40. The lowest BCUT2D eigenvalue weighted by molar-refractivity contribution is 0.424. The third kappa shape index (κ3) is 1.71. The van der Waals surface area contributed by atoms with Gasteiger partial charge >= 0.3 is 0 Å². The Morgan fingerprint density at radius 2 is 1.75 bits per heavy atom. The third-order valence-electron chi connectivity index (χ3n) is 4.02. The first-order valence-electron chi connectivity index (χ1n) is 6.40. The van der Waals surface area contributed by atoms with Crippen molar-refractivity contribution in [1.82, 2.24) is 5.32 Å². The number of hydrogen-bond acceptors (Lipinski definition) is 2. The topological polar surface area (TPSA) is 32.3 Å². The minimum absolute atomic E-state index is 0.535. The van der Waals surface area contributed by atoms with Gasteiger partial charge in [0.25, 0.3) is 0 Å². The second kappa shape index (κ2) is 4.10. The number of benzene rings is 1. The van der Waals surface area contributed by atoms with E-state index in [1.165, 1.54) is 29.5 Å². The Balaban J connectivity index is 1.94. The summed E-state index contributed by atoms with van der Waals surface area (Å²) in [6, 6.07) is 4.29. The van der Waals surface area contributed by atoms with E-state index >= 15 is 0 Å². The van der Waals surface area contributed by atoms with Crippen LogP contribution in [0.4, 0.5) is 0 Å². The Morgan fingerprint density at radius 1 is 1.06 bits per heavy atom. The van der Waals surface area contributed by atoms with Crippen LogP contribution in [0.5, 0.6) is 5.75 Å². The highest BCUT2D eigenvalue weighted by molar-refractivity contribution is 5.45. The summed E-state index contributed by atoms with van der Waals surface area (Å²) in [7, 11) is 0. The molecule has 1 aromatic rings. The molecule has 1 aromatic carbocycles. The van der Waals surface area contributed by atoms with Crippen molar-refractivity contribution >= 4 is 0 Å². The molecule has 1 aliphatic carbocycles. The molecule has 1 fully saturated rings. The molecule has 2 nitrogen and oxygen atoms in total. The Bertz CT molecular complexity index is 394. The Labute approximate surface area is 96.7 Å². The molecule has 2 N–H and O–H groups in total. The van der Waals surface area contributed by atoms with Gasteiger partial charge in [0.05, 0.1) is 0 Å². The predicted molar refractivity (Wildman–Crippen MR) is 65.0 cm³/mol. The van der Waals surface area contributed by atoms with Crippen molar-refractivity contribution in [3.63, 3.8) is 0 Å². The van der Waals surface area contributed by atoms with Gasteiger partial charge in [-0.15, -0.1) is 0 Å². The van der Waals surface area contributed by atoms with Crippen LogP contribution in [0.2, 0.25) is 0 Å². The molecule has 0 bridgehead atoms. The van der Waals surface area contributed by atoms with Gasteiger partial charge in [-0.25, -0.2) is 0 Å². The van der Waals surface area contributed by atoms with Crippen molar-refractivity contribution in [2.75, 3.05) is 13.1 Å². The van der Waals surface area contributed by atoms with Crippen LogP contribution in [-0.4, -0.2) is 18.2 Å². The van der Waals surface area contributed by atoms with Gasteiger partial charge in [-0.2, -0.15) is 0 Å². The van der Waals surface area contributed by atoms with Gasteiger partial charge in [-0.05, 0) is 73.9 Å². The smallest absolute Gasteiger partial charge is 0.119 e. The molecular weight excluding hydrogens is 198 g/mol. The van der Waals surface area contributed by atoms with Crippen molar-refractivity contribution in [2.24, 2.45) is 0 Å².